The largest absolute Gasteiger partial charge is 0.502 e. The maximum absolute atomic E-state index is 11.6. The number of aliphatic carboxylic acids is 1. The van der Waals surface area contributed by atoms with Crippen molar-refractivity contribution in [3.05, 3.63) is 47.0 Å². The molecule has 0 radical (unpaired) electrons. The Kier molecular flexibility index (Phi) is 8.86. The van der Waals surface area contributed by atoms with Gasteiger partial charge in [-0.05, 0) is 41.5 Å². The molecule has 3 rings (SSSR count). The molecule has 0 fully saturated rings. The van der Waals surface area contributed by atoms with Crippen molar-refractivity contribution in [1.82, 2.24) is 0 Å². The minimum absolute atomic E-state index is 0.00110. The lowest BCUT2D eigenvalue weighted by molar-refractivity contribution is -0.138. The molecule has 0 aromatic heterocycles. The smallest absolute Gasteiger partial charge is 0.331 e. The number of aliphatic hydroxyl groups is 1. The summed E-state index contributed by atoms with van der Waals surface area (Å²) in [5.41, 5.74) is 1.17. The van der Waals surface area contributed by atoms with E-state index in [-0.39, 0.29) is 59.7 Å². The van der Waals surface area contributed by atoms with E-state index in [4.69, 9.17) is 28.4 Å². The molecule has 2 aromatic carbocycles. The molecule has 36 heavy (non-hydrogen) atoms. The molecular formula is C25H30O11. The lowest BCUT2D eigenvalue weighted by atomic mass is 9.92. The summed E-state index contributed by atoms with van der Waals surface area (Å²) in [4.78, 5) is 11.6. The van der Waals surface area contributed by atoms with Crippen molar-refractivity contribution in [2.24, 2.45) is 0 Å². The predicted octanol–water partition coefficient (Wildman–Crippen LogP) is 2.38. The number of ether oxygens (including phenoxy) is 6. The molecule has 0 saturated carbocycles. The third kappa shape index (κ3) is 5.93. The zero-order valence-electron chi connectivity index (χ0n) is 20.4. The van der Waals surface area contributed by atoms with Gasteiger partial charge in [0.2, 0.25) is 11.5 Å². The minimum atomic E-state index is -1.16. The van der Waals surface area contributed by atoms with Gasteiger partial charge in [-0.1, -0.05) is 0 Å². The van der Waals surface area contributed by atoms with Gasteiger partial charge in [0.05, 0.1) is 47.8 Å². The van der Waals surface area contributed by atoms with Crippen LogP contribution in [-0.2, 0) is 27.5 Å². The van der Waals surface area contributed by atoms with Crippen LogP contribution in [0.2, 0.25) is 0 Å². The third-order valence-corrected chi connectivity index (χ3v) is 5.74. The van der Waals surface area contributed by atoms with E-state index in [2.05, 4.69) is 0 Å². The van der Waals surface area contributed by atoms with Crippen LogP contribution >= 0.6 is 0 Å². The van der Waals surface area contributed by atoms with E-state index in [9.17, 15) is 25.2 Å². The number of carboxylic acids is 1. The summed E-state index contributed by atoms with van der Waals surface area (Å²) in [6, 6.07) is 6.25. The van der Waals surface area contributed by atoms with Crippen LogP contribution < -0.4 is 18.9 Å². The van der Waals surface area contributed by atoms with Crippen molar-refractivity contribution in [3.8, 4) is 34.5 Å². The molecule has 0 unspecified atom stereocenters. The summed E-state index contributed by atoms with van der Waals surface area (Å²) < 4.78 is 32.6. The van der Waals surface area contributed by atoms with E-state index >= 15 is 0 Å². The van der Waals surface area contributed by atoms with Gasteiger partial charge in [-0.15, -0.1) is 0 Å². The summed E-state index contributed by atoms with van der Waals surface area (Å²) in [5.74, 6) is -0.742. The van der Waals surface area contributed by atoms with Gasteiger partial charge in [0.15, 0.2) is 23.0 Å². The normalized spacial score (nSPS) is 19.4. The number of phenolic OH excluding ortho intramolecular Hbond substituents is 2. The molecule has 1 aliphatic carbocycles. The molecule has 0 saturated heterocycles. The zero-order valence-corrected chi connectivity index (χ0v) is 20.4. The first-order valence-corrected chi connectivity index (χ1v) is 10.9. The molecule has 2 aromatic rings. The monoisotopic (exact) mass is 506 g/mol. The first-order chi connectivity index (χ1) is 17.2. The Morgan fingerprint density at radius 2 is 1.22 bits per heavy atom. The van der Waals surface area contributed by atoms with Gasteiger partial charge in [0, 0.05) is 12.0 Å². The molecule has 0 aliphatic heterocycles. The van der Waals surface area contributed by atoms with Gasteiger partial charge in [-0.25, -0.2) is 4.79 Å². The van der Waals surface area contributed by atoms with E-state index in [0.29, 0.717) is 11.1 Å². The number of aromatic hydroxyl groups is 2. The molecule has 0 spiro atoms. The molecule has 11 heteroatoms. The number of hydrogen-bond donors (Lipinski definition) is 4. The molecule has 11 nitrogen and oxygen atoms in total. The Labute approximate surface area is 208 Å². The summed E-state index contributed by atoms with van der Waals surface area (Å²) in [5, 5.41) is 40.4. The van der Waals surface area contributed by atoms with E-state index in [1.807, 2.05) is 0 Å². The van der Waals surface area contributed by atoms with Crippen LogP contribution in [0.25, 0.3) is 0 Å². The lowest BCUT2D eigenvalue weighted by Crippen LogP contribution is -2.44. The summed E-state index contributed by atoms with van der Waals surface area (Å²) in [7, 11) is 5.60. The minimum Gasteiger partial charge on any atom is -0.502 e. The van der Waals surface area contributed by atoms with E-state index in [0.717, 1.165) is 0 Å². The van der Waals surface area contributed by atoms with Crippen molar-refractivity contribution < 1.29 is 53.6 Å². The number of hydrogen-bond acceptors (Lipinski definition) is 10. The second-order valence-corrected chi connectivity index (χ2v) is 8.02. The number of carbonyl (C=O) groups is 1. The third-order valence-electron chi connectivity index (χ3n) is 5.74. The second-order valence-electron chi connectivity index (χ2n) is 8.02. The molecule has 4 N–H and O–H groups in total. The van der Waals surface area contributed by atoms with Gasteiger partial charge in [-0.3, -0.25) is 0 Å². The standard InChI is InChI=1S/C25H30O11/c1-31-17-5-13(6-18(32-2)22(17)27)11-35-21-10-15(25(29)30)9-16(26)24(21)36-12-14-7-19(33-3)23(28)20(8-14)34-4/h5-8,10,16,21,24,26-28H,9,11-12H2,1-4H3,(H,29,30)/t16-,21-,24+/m1/s1. The second kappa shape index (κ2) is 11.8. The number of methoxy groups -OCH3 is 4. The van der Waals surface area contributed by atoms with Gasteiger partial charge in [-0.2, -0.15) is 0 Å². The Morgan fingerprint density at radius 3 is 1.61 bits per heavy atom. The van der Waals surface area contributed by atoms with E-state index in [1.54, 1.807) is 24.3 Å². The van der Waals surface area contributed by atoms with Crippen LogP contribution in [0.15, 0.2) is 35.9 Å². The van der Waals surface area contributed by atoms with Crippen molar-refractivity contribution in [3.63, 3.8) is 0 Å². The number of aliphatic hydroxyl groups excluding tert-OH is 1. The molecule has 196 valence electrons. The maximum Gasteiger partial charge on any atom is 0.331 e. The first-order valence-electron chi connectivity index (χ1n) is 10.9. The fourth-order valence-electron chi connectivity index (χ4n) is 3.88. The van der Waals surface area contributed by atoms with Gasteiger partial charge in [0.25, 0.3) is 0 Å². The molecule has 3 atom stereocenters. The Bertz CT molecular complexity index is 1060. The van der Waals surface area contributed by atoms with Gasteiger partial charge < -0.3 is 48.8 Å². The number of phenols is 2. The highest BCUT2D eigenvalue weighted by atomic mass is 16.5. The van der Waals surface area contributed by atoms with Crippen molar-refractivity contribution in [2.45, 2.75) is 37.9 Å². The van der Waals surface area contributed by atoms with Crippen molar-refractivity contribution >= 4 is 5.97 Å². The highest BCUT2D eigenvalue weighted by Gasteiger charge is 2.36. The summed E-state index contributed by atoms with van der Waals surface area (Å²) >= 11 is 0. The predicted molar refractivity (Wildman–Crippen MR) is 126 cm³/mol. The van der Waals surface area contributed by atoms with Gasteiger partial charge >= 0.3 is 5.97 Å². The van der Waals surface area contributed by atoms with Crippen LogP contribution in [0.4, 0.5) is 0 Å². The fraction of sp³-hybridized carbons (Fsp3) is 0.400. The number of benzene rings is 2. The van der Waals surface area contributed by atoms with Crippen molar-refractivity contribution in [1.29, 1.82) is 0 Å². The maximum atomic E-state index is 11.6. The first kappa shape index (κ1) is 26.9. The molecular weight excluding hydrogens is 476 g/mol. The quantitative estimate of drug-likeness (QED) is 0.355. The van der Waals surface area contributed by atoms with Crippen LogP contribution in [0.5, 0.6) is 34.5 Å². The number of rotatable bonds is 11. The topological polar surface area (TPSA) is 153 Å². The SMILES string of the molecule is COc1cc(CO[C@H]2[C@H](O)CC(C(=O)O)=C[C@H]2OCc2cc(OC)c(O)c(OC)c2)cc(OC)c1O. The number of carboxylic acid groups (broad SMARTS) is 1. The van der Waals surface area contributed by atoms with Crippen LogP contribution in [-0.4, -0.2) is 73.1 Å². The zero-order chi connectivity index (χ0) is 26.4. The highest BCUT2D eigenvalue weighted by Crippen LogP contribution is 2.39. The average molecular weight is 507 g/mol. The van der Waals surface area contributed by atoms with Crippen LogP contribution in [0.3, 0.4) is 0 Å². The van der Waals surface area contributed by atoms with Crippen LogP contribution in [0, 0.1) is 0 Å². The Balaban J connectivity index is 1.83. The summed E-state index contributed by atoms with van der Waals surface area (Å²) in [6.45, 7) is -0.0276. The van der Waals surface area contributed by atoms with Crippen LogP contribution in [0.1, 0.15) is 17.5 Å². The fourth-order valence-corrected chi connectivity index (χ4v) is 3.88. The van der Waals surface area contributed by atoms with Crippen molar-refractivity contribution in [2.75, 3.05) is 28.4 Å². The molecule has 0 amide bonds. The summed E-state index contributed by atoms with van der Waals surface area (Å²) in [6.07, 6.45) is -1.68. The molecule has 1 aliphatic rings. The van der Waals surface area contributed by atoms with E-state index < -0.39 is 24.3 Å². The highest BCUT2D eigenvalue weighted by molar-refractivity contribution is 5.87. The van der Waals surface area contributed by atoms with Gasteiger partial charge in [0.1, 0.15) is 12.2 Å². The van der Waals surface area contributed by atoms with E-state index in [1.165, 1.54) is 34.5 Å². The Morgan fingerprint density at radius 1 is 0.806 bits per heavy atom. The molecule has 0 heterocycles. The average Bonchev–Trinajstić information content (AvgIpc) is 2.87. The lowest BCUT2D eigenvalue weighted by Gasteiger charge is -2.33. The molecule has 0 bridgehead atoms. The Hall–Kier alpha value is -3.67.